The number of carbonyl (C=O) groups excluding carboxylic acids is 2. The highest BCUT2D eigenvalue weighted by Crippen LogP contribution is 2.43. The van der Waals surface area contributed by atoms with Crippen LogP contribution in [0.25, 0.3) is 0 Å². The van der Waals surface area contributed by atoms with Crippen LogP contribution in [0.4, 0.5) is 17.2 Å². The number of ether oxygens (including phenoxy) is 1. The molecule has 1 unspecified atom stereocenters. The molecule has 3 aliphatic heterocycles. The molecule has 1 N–H and O–H groups in total. The van der Waals surface area contributed by atoms with Gasteiger partial charge in [0.2, 0.25) is 0 Å². The monoisotopic (exact) mass is 366 g/mol. The highest BCUT2D eigenvalue weighted by atomic mass is 16.5. The fourth-order valence-corrected chi connectivity index (χ4v) is 4.30. The molecule has 4 heterocycles. The van der Waals surface area contributed by atoms with Gasteiger partial charge in [0.05, 0.1) is 5.92 Å². The van der Waals surface area contributed by atoms with Crippen molar-refractivity contribution in [2.45, 2.75) is 18.8 Å². The van der Waals surface area contributed by atoms with Gasteiger partial charge in [0, 0.05) is 44.1 Å². The second kappa shape index (κ2) is 6.04. The van der Waals surface area contributed by atoms with Gasteiger partial charge in [-0.25, -0.2) is 0 Å². The lowest BCUT2D eigenvalue weighted by atomic mass is 10.0. The summed E-state index contributed by atoms with van der Waals surface area (Å²) in [7, 11) is 2.00. The van der Waals surface area contributed by atoms with Gasteiger partial charge >= 0.3 is 0 Å². The Balaban J connectivity index is 1.45. The van der Waals surface area contributed by atoms with E-state index < -0.39 is 0 Å². The SMILES string of the molecule is CN1CC(C=O)c2ccc(N3COc4cc(C(=O)N5CCCC5)[nH]c43)cc21. The van der Waals surface area contributed by atoms with Crippen LogP contribution in [0, 0.1) is 0 Å². The number of aldehydes is 1. The summed E-state index contributed by atoms with van der Waals surface area (Å²) in [6.07, 6.45) is 3.15. The molecule has 0 bridgehead atoms. The summed E-state index contributed by atoms with van der Waals surface area (Å²) < 4.78 is 5.80. The molecule has 1 aromatic carbocycles. The smallest absolute Gasteiger partial charge is 0.270 e. The van der Waals surface area contributed by atoms with E-state index in [4.69, 9.17) is 4.74 Å². The highest BCUT2D eigenvalue weighted by Gasteiger charge is 2.31. The second-order valence-corrected chi connectivity index (χ2v) is 7.46. The minimum absolute atomic E-state index is 0.0351. The number of rotatable bonds is 3. The van der Waals surface area contributed by atoms with Crippen LogP contribution in [-0.2, 0) is 4.79 Å². The maximum Gasteiger partial charge on any atom is 0.270 e. The molecule has 0 aliphatic carbocycles. The summed E-state index contributed by atoms with van der Waals surface area (Å²) in [5, 5.41) is 0. The number of aromatic nitrogens is 1. The lowest BCUT2D eigenvalue weighted by molar-refractivity contribution is -0.108. The third kappa shape index (κ3) is 2.49. The van der Waals surface area contributed by atoms with Crippen LogP contribution < -0.4 is 14.5 Å². The second-order valence-electron chi connectivity index (χ2n) is 7.46. The molecule has 0 radical (unpaired) electrons. The molecule has 1 aromatic heterocycles. The van der Waals surface area contributed by atoms with E-state index in [0.29, 0.717) is 24.7 Å². The molecule has 27 heavy (non-hydrogen) atoms. The molecule has 5 rings (SSSR count). The fourth-order valence-electron chi connectivity index (χ4n) is 4.30. The normalized spacial score (nSPS) is 20.6. The summed E-state index contributed by atoms with van der Waals surface area (Å²) in [6, 6.07) is 7.91. The molecular formula is C20H22N4O3. The van der Waals surface area contributed by atoms with Crippen molar-refractivity contribution >= 4 is 29.4 Å². The zero-order valence-electron chi connectivity index (χ0n) is 15.3. The molecule has 140 valence electrons. The average Bonchev–Trinajstić information content (AvgIpc) is 3.44. The first-order valence-corrected chi connectivity index (χ1v) is 9.38. The van der Waals surface area contributed by atoms with Gasteiger partial charge in [-0.15, -0.1) is 0 Å². The number of aromatic amines is 1. The number of benzene rings is 1. The minimum atomic E-state index is -0.0698. The van der Waals surface area contributed by atoms with E-state index >= 15 is 0 Å². The van der Waals surface area contributed by atoms with Gasteiger partial charge in [-0.1, -0.05) is 6.07 Å². The van der Waals surface area contributed by atoms with Crippen LogP contribution in [0.2, 0.25) is 0 Å². The van der Waals surface area contributed by atoms with Gasteiger partial charge in [0.1, 0.15) is 12.0 Å². The summed E-state index contributed by atoms with van der Waals surface area (Å²) in [5.74, 6) is 1.48. The average molecular weight is 366 g/mol. The largest absolute Gasteiger partial charge is 0.469 e. The number of H-pyrrole nitrogens is 1. The summed E-state index contributed by atoms with van der Waals surface area (Å²) in [5.41, 5.74) is 3.68. The standard InChI is InChI=1S/C20H22N4O3/c1-22-10-13(11-25)15-5-4-14(8-17(15)22)24-12-27-18-9-16(21-19(18)24)20(26)23-6-2-3-7-23/h4-5,8-9,11,13,21H,2-3,6-7,10,12H2,1H3. The number of anilines is 3. The number of fused-ring (bicyclic) bond motifs is 2. The van der Waals surface area contributed by atoms with Crippen molar-refractivity contribution in [3.8, 4) is 5.75 Å². The lowest BCUT2D eigenvalue weighted by Gasteiger charge is -2.19. The van der Waals surface area contributed by atoms with Crippen LogP contribution in [0.3, 0.4) is 0 Å². The number of likely N-dealkylation sites (tertiary alicyclic amines) is 1. The summed E-state index contributed by atoms with van der Waals surface area (Å²) >= 11 is 0. The minimum Gasteiger partial charge on any atom is -0.469 e. The fraction of sp³-hybridized carbons (Fsp3) is 0.400. The molecular weight excluding hydrogens is 344 g/mol. The molecule has 1 saturated heterocycles. The molecule has 0 spiro atoms. The quantitative estimate of drug-likeness (QED) is 0.845. The Bertz CT molecular complexity index is 916. The Hall–Kier alpha value is -2.96. The van der Waals surface area contributed by atoms with E-state index in [0.717, 1.165) is 55.0 Å². The Labute approximate surface area is 157 Å². The molecule has 7 nitrogen and oxygen atoms in total. The molecule has 3 aliphatic rings. The van der Waals surface area contributed by atoms with Gasteiger partial charge in [0.15, 0.2) is 18.3 Å². The van der Waals surface area contributed by atoms with Crippen molar-refractivity contribution in [3.63, 3.8) is 0 Å². The molecule has 7 heteroatoms. The Morgan fingerprint density at radius 3 is 2.85 bits per heavy atom. The number of nitrogens with zero attached hydrogens (tertiary/aromatic N) is 3. The van der Waals surface area contributed by atoms with Crippen molar-refractivity contribution in [3.05, 3.63) is 35.5 Å². The number of carbonyl (C=O) groups is 2. The van der Waals surface area contributed by atoms with Gasteiger partial charge in [-0.3, -0.25) is 9.69 Å². The van der Waals surface area contributed by atoms with Crippen molar-refractivity contribution in [1.29, 1.82) is 0 Å². The first-order chi connectivity index (χ1) is 13.2. The van der Waals surface area contributed by atoms with Gasteiger partial charge in [-0.05, 0) is 30.5 Å². The molecule has 1 fully saturated rings. The number of amides is 1. The molecule has 0 saturated carbocycles. The topological polar surface area (TPSA) is 68.9 Å². The zero-order chi connectivity index (χ0) is 18.5. The first kappa shape index (κ1) is 16.2. The van der Waals surface area contributed by atoms with Crippen molar-refractivity contribution in [2.24, 2.45) is 0 Å². The van der Waals surface area contributed by atoms with Gasteiger partial charge in [0.25, 0.3) is 5.91 Å². The predicted octanol–water partition coefficient (Wildman–Crippen LogP) is 2.47. The van der Waals surface area contributed by atoms with E-state index in [-0.39, 0.29) is 11.8 Å². The van der Waals surface area contributed by atoms with Crippen molar-refractivity contribution < 1.29 is 14.3 Å². The van der Waals surface area contributed by atoms with Crippen LogP contribution >= 0.6 is 0 Å². The third-order valence-corrected chi connectivity index (χ3v) is 5.78. The predicted molar refractivity (Wildman–Crippen MR) is 102 cm³/mol. The van der Waals surface area contributed by atoms with Gasteiger partial charge < -0.3 is 24.3 Å². The van der Waals surface area contributed by atoms with E-state index in [2.05, 4.69) is 16.0 Å². The number of hydrogen-bond acceptors (Lipinski definition) is 5. The maximum atomic E-state index is 12.6. The third-order valence-electron chi connectivity index (χ3n) is 5.78. The van der Waals surface area contributed by atoms with Crippen LogP contribution in [0.15, 0.2) is 24.3 Å². The molecule has 1 atom stereocenters. The summed E-state index contributed by atoms with van der Waals surface area (Å²) in [6.45, 7) is 2.75. The van der Waals surface area contributed by atoms with Crippen molar-refractivity contribution in [2.75, 3.05) is 43.2 Å². The Kier molecular flexibility index (Phi) is 3.63. The Morgan fingerprint density at radius 2 is 2.07 bits per heavy atom. The van der Waals surface area contributed by atoms with E-state index in [1.165, 1.54) is 0 Å². The lowest BCUT2D eigenvalue weighted by Crippen LogP contribution is -2.28. The first-order valence-electron chi connectivity index (χ1n) is 9.38. The van der Waals surface area contributed by atoms with E-state index in [9.17, 15) is 9.59 Å². The zero-order valence-corrected chi connectivity index (χ0v) is 15.3. The Morgan fingerprint density at radius 1 is 1.26 bits per heavy atom. The van der Waals surface area contributed by atoms with Crippen molar-refractivity contribution in [1.82, 2.24) is 9.88 Å². The number of likely N-dealkylation sites (N-methyl/N-ethyl adjacent to an activating group) is 1. The van der Waals surface area contributed by atoms with Crippen LogP contribution in [0.1, 0.15) is 34.8 Å². The molecule has 2 aromatic rings. The number of hydrogen-bond donors (Lipinski definition) is 1. The highest BCUT2D eigenvalue weighted by molar-refractivity contribution is 5.95. The van der Waals surface area contributed by atoms with Crippen LogP contribution in [-0.4, -0.2) is 55.5 Å². The summed E-state index contributed by atoms with van der Waals surface area (Å²) in [4.78, 5) is 33.2. The van der Waals surface area contributed by atoms with E-state index in [1.54, 1.807) is 6.07 Å². The number of nitrogens with one attached hydrogen (secondary N) is 1. The molecule has 1 amide bonds. The van der Waals surface area contributed by atoms with Gasteiger partial charge in [-0.2, -0.15) is 0 Å². The van der Waals surface area contributed by atoms with E-state index in [1.807, 2.05) is 29.0 Å². The van der Waals surface area contributed by atoms with Crippen LogP contribution in [0.5, 0.6) is 5.75 Å². The maximum absolute atomic E-state index is 12.6.